The van der Waals surface area contributed by atoms with E-state index in [0.717, 1.165) is 6.29 Å². The van der Waals surface area contributed by atoms with E-state index in [0.29, 0.717) is 6.42 Å². The zero-order valence-corrected chi connectivity index (χ0v) is 8.61. The van der Waals surface area contributed by atoms with Gasteiger partial charge >= 0.3 is 0 Å². The summed E-state index contributed by atoms with van der Waals surface area (Å²) in [6.07, 6.45) is 1.51. The molecule has 0 N–H and O–H groups in total. The number of carbonyl (C=O) groups is 1. The summed E-state index contributed by atoms with van der Waals surface area (Å²) in [6, 6.07) is 10.2. The van der Waals surface area contributed by atoms with Crippen molar-refractivity contribution in [1.29, 1.82) is 0 Å². The standard InChI is InChI=1S/C6H5I.C3H6O/c7-6-4-2-1-3-5-6;1-2-3-4/h1-5H;3H,2H2,1H3. The number of halogens is 1. The second-order valence-corrected chi connectivity index (χ2v) is 3.12. The number of hydrogen-bond acceptors (Lipinski definition) is 1. The maximum absolute atomic E-state index is 9.17. The molecule has 2 heteroatoms. The molecule has 0 bridgehead atoms. The Balaban J connectivity index is 0.000000218. The smallest absolute Gasteiger partial charge is 0.119 e. The van der Waals surface area contributed by atoms with Gasteiger partial charge in [-0.3, -0.25) is 0 Å². The molecular formula is C9H11IO. The van der Waals surface area contributed by atoms with Crippen molar-refractivity contribution in [3.63, 3.8) is 0 Å². The molecule has 0 unspecified atom stereocenters. The third kappa shape index (κ3) is 7.52. The first-order chi connectivity index (χ1) is 5.31. The van der Waals surface area contributed by atoms with Gasteiger partial charge in [-0.1, -0.05) is 25.1 Å². The second-order valence-electron chi connectivity index (χ2n) is 1.87. The molecule has 0 atom stereocenters. The Morgan fingerprint density at radius 2 is 1.82 bits per heavy atom. The summed E-state index contributed by atoms with van der Waals surface area (Å²) in [5.74, 6) is 0. The molecule has 0 aliphatic carbocycles. The van der Waals surface area contributed by atoms with Crippen LogP contribution in [0.1, 0.15) is 13.3 Å². The highest BCUT2D eigenvalue weighted by Crippen LogP contribution is 1.99. The normalized spacial score (nSPS) is 7.82. The first-order valence-electron chi connectivity index (χ1n) is 3.45. The maximum Gasteiger partial charge on any atom is 0.119 e. The van der Waals surface area contributed by atoms with Crippen LogP contribution in [0.15, 0.2) is 30.3 Å². The lowest BCUT2D eigenvalue weighted by molar-refractivity contribution is -0.107. The Labute approximate surface area is 81.0 Å². The number of benzene rings is 1. The van der Waals surface area contributed by atoms with Crippen LogP contribution in [0, 0.1) is 3.57 Å². The Morgan fingerprint density at radius 1 is 1.36 bits per heavy atom. The molecule has 0 fully saturated rings. The molecule has 0 aliphatic heterocycles. The van der Waals surface area contributed by atoms with Gasteiger partial charge in [0.25, 0.3) is 0 Å². The Kier molecular flexibility index (Phi) is 7.46. The van der Waals surface area contributed by atoms with Crippen LogP contribution < -0.4 is 0 Å². The fraction of sp³-hybridized carbons (Fsp3) is 0.222. The zero-order chi connectivity index (χ0) is 8.53. The van der Waals surface area contributed by atoms with E-state index in [9.17, 15) is 4.79 Å². The van der Waals surface area contributed by atoms with Gasteiger partial charge in [-0.2, -0.15) is 0 Å². The average molecular weight is 262 g/mol. The summed E-state index contributed by atoms with van der Waals surface area (Å²) >= 11 is 2.28. The molecule has 0 saturated heterocycles. The maximum atomic E-state index is 9.17. The zero-order valence-electron chi connectivity index (χ0n) is 6.46. The van der Waals surface area contributed by atoms with E-state index in [4.69, 9.17) is 0 Å². The number of carbonyl (C=O) groups excluding carboxylic acids is 1. The van der Waals surface area contributed by atoms with Crippen LogP contribution in [-0.4, -0.2) is 6.29 Å². The molecule has 0 spiro atoms. The van der Waals surface area contributed by atoms with Crippen molar-refractivity contribution in [2.24, 2.45) is 0 Å². The SMILES string of the molecule is CCC=O.Ic1ccccc1. The third-order valence-corrected chi connectivity index (χ3v) is 1.62. The average Bonchev–Trinajstić information content (AvgIpc) is 2.07. The predicted molar refractivity (Wildman–Crippen MR) is 55.5 cm³/mol. The van der Waals surface area contributed by atoms with E-state index < -0.39 is 0 Å². The van der Waals surface area contributed by atoms with Crippen LogP contribution in [0.4, 0.5) is 0 Å². The summed E-state index contributed by atoms with van der Waals surface area (Å²) in [5.41, 5.74) is 0. The first-order valence-corrected chi connectivity index (χ1v) is 4.53. The van der Waals surface area contributed by atoms with Crippen LogP contribution in [-0.2, 0) is 4.79 Å². The van der Waals surface area contributed by atoms with E-state index in [1.165, 1.54) is 3.57 Å². The summed E-state index contributed by atoms with van der Waals surface area (Å²) in [4.78, 5) is 9.17. The molecule has 0 saturated carbocycles. The predicted octanol–water partition coefficient (Wildman–Crippen LogP) is 2.89. The summed E-state index contributed by atoms with van der Waals surface area (Å²) < 4.78 is 1.29. The molecule has 1 rings (SSSR count). The van der Waals surface area contributed by atoms with Gasteiger partial charge in [0, 0.05) is 9.99 Å². The highest BCUT2D eigenvalue weighted by molar-refractivity contribution is 14.1. The van der Waals surface area contributed by atoms with Gasteiger partial charge in [0.1, 0.15) is 6.29 Å². The van der Waals surface area contributed by atoms with Crippen LogP contribution in [0.2, 0.25) is 0 Å². The molecular weight excluding hydrogens is 251 g/mol. The molecule has 0 aromatic heterocycles. The Morgan fingerprint density at radius 3 is 2.00 bits per heavy atom. The molecule has 11 heavy (non-hydrogen) atoms. The summed E-state index contributed by atoms with van der Waals surface area (Å²) in [7, 11) is 0. The summed E-state index contributed by atoms with van der Waals surface area (Å²) in [5, 5.41) is 0. The van der Waals surface area contributed by atoms with Gasteiger partial charge in [-0.25, -0.2) is 0 Å². The van der Waals surface area contributed by atoms with E-state index in [1.807, 2.05) is 25.1 Å². The lowest BCUT2D eigenvalue weighted by atomic mass is 10.4. The van der Waals surface area contributed by atoms with Gasteiger partial charge < -0.3 is 4.79 Å². The Hall–Kier alpha value is -0.380. The fourth-order valence-corrected chi connectivity index (χ4v) is 0.830. The number of aldehydes is 1. The lowest BCUT2D eigenvalue weighted by Crippen LogP contribution is -1.61. The molecule has 60 valence electrons. The van der Waals surface area contributed by atoms with Crippen molar-refractivity contribution >= 4 is 28.9 Å². The van der Waals surface area contributed by atoms with E-state index in [2.05, 4.69) is 34.7 Å². The largest absolute Gasteiger partial charge is 0.303 e. The van der Waals surface area contributed by atoms with Crippen molar-refractivity contribution in [2.75, 3.05) is 0 Å². The van der Waals surface area contributed by atoms with Crippen LogP contribution in [0.5, 0.6) is 0 Å². The van der Waals surface area contributed by atoms with E-state index >= 15 is 0 Å². The highest BCUT2D eigenvalue weighted by atomic mass is 127. The minimum Gasteiger partial charge on any atom is -0.303 e. The quantitative estimate of drug-likeness (QED) is 0.561. The second kappa shape index (κ2) is 7.72. The van der Waals surface area contributed by atoms with Crippen LogP contribution in [0.3, 0.4) is 0 Å². The third-order valence-electron chi connectivity index (χ3n) is 0.900. The van der Waals surface area contributed by atoms with Crippen molar-refractivity contribution in [2.45, 2.75) is 13.3 Å². The van der Waals surface area contributed by atoms with Crippen molar-refractivity contribution in [3.05, 3.63) is 33.9 Å². The summed E-state index contributed by atoms with van der Waals surface area (Å²) in [6.45, 7) is 1.81. The van der Waals surface area contributed by atoms with Gasteiger partial charge in [-0.05, 0) is 34.7 Å². The minimum absolute atomic E-state index is 0.639. The first kappa shape index (κ1) is 10.6. The van der Waals surface area contributed by atoms with Gasteiger partial charge in [0.15, 0.2) is 0 Å². The monoisotopic (exact) mass is 262 g/mol. The molecule has 1 aromatic carbocycles. The van der Waals surface area contributed by atoms with E-state index in [-0.39, 0.29) is 0 Å². The van der Waals surface area contributed by atoms with Crippen LogP contribution >= 0.6 is 22.6 Å². The van der Waals surface area contributed by atoms with Crippen molar-refractivity contribution < 1.29 is 4.79 Å². The van der Waals surface area contributed by atoms with Crippen molar-refractivity contribution in [3.8, 4) is 0 Å². The molecule has 1 nitrogen and oxygen atoms in total. The fourth-order valence-electron chi connectivity index (χ4n) is 0.415. The topological polar surface area (TPSA) is 17.1 Å². The Bertz CT molecular complexity index is 184. The molecule has 0 amide bonds. The molecule has 0 heterocycles. The van der Waals surface area contributed by atoms with E-state index in [1.54, 1.807) is 0 Å². The molecule has 1 aromatic rings. The van der Waals surface area contributed by atoms with Crippen LogP contribution in [0.25, 0.3) is 0 Å². The molecule has 0 aliphatic rings. The minimum atomic E-state index is 0.639. The molecule has 0 radical (unpaired) electrons. The highest BCUT2D eigenvalue weighted by Gasteiger charge is 1.74. The van der Waals surface area contributed by atoms with Gasteiger partial charge in [0.05, 0.1) is 0 Å². The van der Waals surface area contributed by atoms with Gasteiger partial charge in [0.2, 0.25) is 0 Å². The number of rotatable bonds is 1. The lowest BCUT2D eigenvalue weighted by Gasteiger charge is -1.80. The van der Waals surface area contributed by atoms with Gasteiger partial charge in [-0.15, -0.1) is 0 Å². The van der Waals surface area contributed by atoms with Crippen molar-refractivity contribution in [1.82, 2.24) is 0 Å². The number of hydrogen-bond donors (Lipinski definition) is 0.